The molecular formula is C14H23NOS2. The van der Waals surface area contributed by atoms with Crippen molar-refractivity contribution in [3.05, 3.63) is 24.2 Å². The van der Waals surface area contributed by atoms with E-state index in [0.29, 0.717) is 11.3 Å². The normalized spacial score (nSPS) is 30.3. The molecule has 1 aromatic rings. The van der Waals surface area contributed by atoms with E-state index in [1.807, 2.05) is 6.07 Å². The molecule has 0 spiro atoms. The maximum absolute atomic E-state index is 5.62. The molecule has 1 fully saturated rings. The summed E-state index contributed by atoms with van der Waals surface area (Å²) in [4.78, 5) is 0. The molecule has 0 saturated carbocycles. The lowest BCUT2D eigenvalue weighted by Crippen LogP contribution is -2.37. The quantitative estimate of drug-likeness (QED) is 0.885. The lowest BCUT2D eigenvalue weighted by Gasteiger charge is -2.35. The molecule has 0 bridgehead atoms. The second-order valence-corrected chi connectivity index (χ2v) is 7.90. The summed E-state index contributed by atoms with van der Waals surface area (Å²) in [6, 6.07) is 4.44. The first-order chi connectivity index (χ1) is 8.72. The first kappa shape index (κ1) is 14.4. The van der Waals surface area contributed by atoms with E-state index >= 15 is 0 Å². The molecule has 2 nitrogen and oxygen atoms in total. The maximum atomic E-state index is 5.62. The number of nitrogens with one attached hydrogen (secondary N) is 1. The van der Waals surface area contributed by atoms with Crippen LogP contribution in [0.3, 0.4) is 0 Å². The van der Waals surface area contributed by atoms with Gasteiger partial charge in [0.15, 0.2) is 0 Å². The molecule has 0 aliphatic carbocycles. The van der Waals surface area contributed by atoms with Gasteiger partial charge in [0, 0.05) is 21.5 Å². The first-order valence-corrected chi connectivity index (χ1v) is 8.75. The van der Waals surface area contributed by atoms with Gasteiger partial charge in [0.25, 0.3) is 0 Å². The van der Waals surface area contributed by atoms with Crippen molar-refractivity contribution >= 4 is 23.5 Å². The fourth-order valence-electron chi connectivity index (χ4n) is 2.17. The van der Waals surface area contributed by atoms with Crippen molar-refractivity contribution in [2.24, 2.45) is 0 Å². The lowest BCUT2D eigenvalue weighted by molar-refractivity contribution is 0.411. The highest BCUT2D eigenvalue weighted by atomic mass is 32.2. The minimum atomic E-state index is 0.354. The summed E-state index contributed by atoms with van der Waals surface area (Å²) in [5, 5.41) is 5.74. The zero-order valence-corrected chi connectivity index (χ0v) is 13.0. The van der Waals surface area contributed by atoms with E-state index in [1.54, 1.807) is 6.26 Å². The Kier molecular flexibility index (Phi) is 5.52. The van der Waals surface area contributed by atoms with Crippen LogP contribution in [-0.4, -0.2) is 28.0 Å². The van der Waals surface area contributed by atoms with Crippen LogP contribution in [0.15, 0.2) is 22.8 Å². The average Bonchev–Trinajstić information content (AvgIpc) is 2.88. The Hall–Kier alpha value is -0.0600. The van der Waals surface area contributed by atoms with E-state index in [9.17, 15) is 0 Å². The zero-order valence-electron chi connectivity index (χ0n) is 11.4. The van der Waals surface area contributed by atoms with E-state index in [2.05, 4.69) is 55.7 Å². The summed E-state index contributed by atoms with van der Waals surface area (Å²) in [6.07, 6.45) is 2.94. The van der Waals surface area contributed by atoms with E-state index < -0.39 is 0 Å². The summed E-state index contributed by atoms with van der Waals surface area (Å²) in [5.74, 6) is 2.29. The molecule has 2 rings (SSSR count). The van der Waals surface area contributed by atoms with Crippen LogP contribution in [0.1, 0.15) is 39.0 Å². The Bertz CT molecular complexity index is 342. The Morgan fingerprint density at radius 2 is 2.28 bits per heavy atom. The fourth-order valence-corrected chi connectivity index (χ4v) is 5.26. The summed E-state index contributed by atoms with van der Waals surface area (Å²) in [5.41, 5.74) is 0. The lowest BCUT2D eigenvalue weighted by atomic mass is 10.1. The molecule has 1 aromatic heterocycles. The molecule has 1 N–H and O–H groups in total. The van der Waals surface area contributed by atoms with Crippen LogP contribution in [-0.2, 0) is 0 Å². The molecule has 18 heavy (non-hydrogen) atoms. The summed E-state index contributed by atoms with van der Waals surface area (Å²) in [7, 11) is 0. The van der Waals surface area contributed by atoms with Gasteiger partial charge in [-0.2, -0.15) is 23.5 Å². The molecule has 0 amide bonds. The molecule has 0 radical (unpaired) electrons. The molecule has 1 aliphatic rings. The van der Waals surface area contributed by atoms with E-state index in [-0.39, 0.29) is 0 Å². The summed E-state index contributed by atoms with van der Waals surface area (Å²) in [6.45, 7) is 7.93. The molecular weight excluding hydrogens is 262 g/mol. The van der Waals surface area contributed by atoms with Crippen molar-refractivity contribution in [3.8, 4) is 0 Å². The van der Waals surface area contributed by atoms with Gasteiger partial charge in [0.1, 0.15) is 5.76 Å². The van der Waals surface area contributed by atoms with Crippen molar-refractivity contribution < 1.29 is 4.42 Å². The predicted molar refractivity (Wildman–Crippen MR) is 82.5 cm³/mol. The second kappa shape index (κ2) is 6.92. The molecule has 4 atom stereocenters. The van der Waals surface area contributed by atoms with Crippen molar-refractivity contribution in [1.82, 2.24) is 5.32 Å². The summed E-state index contributed by atoms with van der Waals surface area (Å²) < 4.78 is 5.62. The molecule has 1 saturated heterocycles. The Balaban J connectivity index is 2.04. The van der Waals surface area contributed by atoms with Crippen LogP contribution in [0.4, 0.5) is 0 Å². The van der Waals surface area contributed by atoms with Gasteiger partial charge in [-0.1, -0.05) is 20.8 Å². The van der Waals surface area contributed by atoms with Gasteiger partial charge >= 0.3 is 0 Å². The largest absolute Gasteiger partial charge is 0.468 e. The maximum Gasteiger partial charge on any atom is 0.121 e. The minimum absolute atomic E-state index is 0.354. The Morgan fingerprint density at radius 1 is 1.44 bits per heavy atom. The molecule has 4 heteroatoms. The van der Waals surface area contributed by atoms with Gasteiger partial charge in [-0.15, -0.1) is 0 Å². The van der Waals surface area contributed by atoms with Gasteiger partial charge in [-0.05, 0) is 25.1 Å². The van der Waals surface area contributed by atoms with Gasteiger partial charge < -0.3 is 9.73 Å². The van der Waals surface area contributed by atoms with Crippen LogP contribution in [0.5, 0.6) is 0 Å². The fraction of sp³-hybridized carbons (Fsp3) is 0.714. The number of thioether (sulfide) groups is 2. The minimum Gasteiger partial charge on any atom is -0.468 e. The van der Waals surface area contributed by atoms with E-state index in [1.165, 1.54) is 5.75 Å². The van der Waals surface area contributed by atoms with Crippen molar-refractivity contribution in [1.29, 1.82) is 0 Å². The third-order valence-electron chi connectivity index (χ3n) is 3.41. The number of furan rings is 1. The SMILES string of the molecule is CCCNC(c1ccco1)C1CSC(C)C(C)S1. The highest BCUT2D eigenvalue weighted by molar-refractivity contribution is 8.07. The standard InChI is InChI=1S/C14H23NOS2/c1-4-7-15-14(12-6-5-8-16-12)13-9-17-10(2)11(3)18-13/h5-6,8,10-11,13-15H,4,7,9H2,1-3H3. The highest BCUT2D eigenvalue weighted by Gasteiger charge is 2.32. The zero-order chi connectivity index (χ0) is 13.0. The molecule has 1 aliphatic heterocycles. The third-order valence-corrected chi connectivity index (χ3v) is 6.90. The van der Waals surface area contributed by atoms with Gasteiger partial charge in [0.05, 0.1) is 12.3 Å². The summed E-state index contributed by atoms with van der Waals surface area (Å²) >= 11 is 4.20. The van der Waals surface area contributed by atoms with E-state index in [0.717, 1.165) is 29.2 Å². The topological polar surface area (TPSA) is 25.2 Å². The van der Waals surface area contributed by atoms with Crippen LogP contribution in [0, 0.1) is 0 Å². The number of hydrogen-bond donors (Lipinski definition) is 1. The Morgan fingerprint density at radius 3 is 2.89 bits per heavy atom. The van der Waals surface area contributed by atoms with E-state index in [4.69, 9.17) is 4.42 Å². The first-order valence-electron chi connectivity index (χ1n) is 6.76. The molecule has 0 aromatic carbocycles. The van der Waals surface area contributed by atoms with Gasteiger partial charge in [0.2, 0.25) is 0 Å². The molecule has 2 heterocycles. The number of hydrogen-bond acceptors (Lipinski definition) is 4. The molecule has 4 unspecified atom stereocenters. The van der Waals surface area contributed by atoms with Crippen LogP contribution in [0.2, 0.25) is 0 Å². The smallest absolute Gasteiger partial charge is 0.121 e. The van der Waals surface area contributed by atoms with Crippen LogP contribution in [0.25, 0.3) is 0 Å². The highest BCUT2D eigenvalue weighted by Crippen LogP contribution is 2.41. The molecule has 102 valence electrons. The monoisotopic (exact) mass is 285 g/mol. The van der Waals surface area contributed by atoms with Crippen LogP contribution < -0.4 is 5.32 Å². The second-order valence-electron chi connectivity index (χ2n) is 4.87. The van der Waals surface area contributed by atoms with Crippen molar-refractivity contribution in [2.45, 2.75) is 49.0 Å². The third kappa shape index (κ3) is 3.49. The number of rotatable bonds is 5. The van der Waals surface area contributed by atoms with Gasteiger partial charge in [-0.3, -0.25) is 0 Å². The van der Waals surface area contributed by atoms with Crippen LogP contribution >= 0.6 is 23.5 Å². The predicted octanol–water partition coefficient (Wildman–Crippen LogP) is 3.95. The van der Waals surface area contributed by atoms with Crippen molar-refractivity contribution in [3.63, 3.8) is 0 Å². The van der Waals surface area contributed by atoms with Crippen molar-refractivity contribution in [2.75, 3.05) is 12.3 Å². The Labute approximate surface area is 119 Å². The van der Waals surface area contributed by atoms with Gasteiger partial charge in [-0.25, -0.2) is 0 Å². The average molecular weight is 285 g/mol.